The third-order valence-corrected chi connectivity index (χ3v) is 0. The fourth-order valence-corrected chi connectivity index (χ4v) is 0. The summed E-state index contributed by atoms with van der Waals surface area (Å²) in [6.45, 7) is 0. The zero-order chi connectivity index (χ0) is 0. The van der Waals surface area contributed by atoms with E-state index in [0.717, 1.165) is 0 Å². The summed E-state index contributed by atoms with van der Waals surface area (Å²) in [6.07, 6.45) is 0. The SMILES string of the molecule is [S-2].[S-2].[S-2].[Ti+4].[Zn+2]. The molecular formula is S3TiZn. The largest absolute Gasteiger partial charge is 4.00 e. The Morgan fingerprint density at radius 1 is 0.600 bits per heavy atom. The summed E-state index contributed by atoms with van der Waals surface area (Å²) in [4.78, 5) is 0. The van der Waals surface area contributed by atoms with Crippen LogP contribution >= 0.6 is 0 Å². The first-order valence-electron chi connectivity index (χ1n) is 0. The number of hydrogen-bond donors (Lipinski definition) is 0. The molecule has 0 N–H and O–H groups in total. The van der Waals surface area contributed by atoms with Gasteiger partial charge in [0.15, 0.2) is 0 Å². The first-order valence-corrected chi connectivity index (χ1v) is 0. The molecule has 0 spiro atoms. The van der Waals surface area contributed by atoms with Gasteiger partial charge in [-0.05, 0) is 0 Å². The molecule has 0 rings (SSSR count). The smallest absolute Gasteiger partial charge is 2.00 e. The van der Waals surface area contributed by atoms with E-state index in [-0.39, 0.29) is 81.7 Å². The van der Waals surface area contributed by atoms with Crippen molar-refractivity contribution in [2.75, 3.05) is 0 Å². The molecule has 0 aliphatic heterocycles. The minimum atomic E-state index is 0. The van der Waals surface area contributed by atoms with E-state index in [4.69, 9.17) is 0 Å². The molecule has 0 aromatic carbocycles. The van der Waals surface area contributed by atoms with E-state index in [1.54, 1.807) is 0 Å². The molecule has 0 fully saturated rings. The van der Waals surface area contributed by atoms with Crippen LogP contribution in [0.15, 0.2) is 0 Å². The Balaban J connectivity index is 0. The Bertz CT molecular complexity index is 6.85. The van der Waals surface area contributed by atoms with Crippen molar-refractivity contribution in [1.82, 2.24) is 0 Å². The van der Waals surface area contributed by atoms with Crippen LogP contribution < -0.4 is 0 Å². The third kappa shape index (κ3) is 21.6. The molecule has 0 amide bonds. The maximum Gasteiger partial charge on any atom is 4.00 e. The molecule has 0 atom stereocenters. The summed E-state index contributed by atoms with van der Waals surface area (Å²) < 4.78 is 0. The van der Waals surface area contributed by atoms with Gasteiger partial charge in [0.1, 0.15) is 0 Å². The van der Waals surface area contributed by atoms with Gasteiger partial charge in [-0.25, -0.2) is 0 Å². The number of rotatable bonds is 0. The van der Waals surface area contributed by atoms with Crippen LogP contribution in [0.2, 0.25) is 0 Å². The van der Waals surface area contributed by atoms with Crippen molar-refractivity contribution in [1.29, 1.82) is 0 Å². The van der Waals surface area contributed by atoms with E-state index in [2.05, 4.69) is 0 Å². The van der Waals surface area contributed by atoms with Gasteiger partial charge >= 0.3 is 41.2 Å². The summed E-state index contributed by atoms with van der Waals surface area (Å²) in [7, 11) is 0. The fourth-order valence-electron chi connectivity index (χ4n) is 0. The summed E-state index contributed by atoms with van der Waals surface area (Å²) in [5.74, 6) is 0. The van der Waals surface area contributed by atoms with Gasteiger partial charge in [-0.15, -0.1) is 0 Å². The normalized spacial score (nSPS) is 0. The molecule has 0 aliphatic rings. The molecule has 0 bridgehead atoms. The van der Waals surface area contributed by atoms with Crippen molar-refractivity contribution in [2.45, 2.75) is 0 Å². The molecule has 24 valence electrons. The van der Waals surface area contributed by atoms with Gasteiger partial charge in [0.25, 0.3) is 0 Å². The molecule has 0 saturated heterocycles. The van der Waals surface area contributed by atoms with Crippen molar-refractivity contribution in [3.63, 3.8) is 0 Å². The second-order valence-electron chi connectivity index (χ2n) is 0. The van der Waals surface area contributed by atoms with E-state index < -0.39 is 0 Å². The van der Waals surface area contributed by atoms with Gasteiger partial charge in [0, 0.05) is 0 Å². The van der Waals surface area contributed by atoms with Crippen LogP contribution in [0.4, 0.5) is 0 Å². The summed E-state index contributed by atoms with van der Waals surface area (Å²) in [6, 6.07) is 0. The van der Waals surface area contributed by atoms with E-state index >= 15 is 0 Å². The van der Waals surface area contributed by atoms with Crippen molar-refractivity contribution >= 4 is 40.5 Å². The van der Waals surface area contributed by atoms with E-state index in [1.807, 2.05) is 0 Å². The van der Waals surface area contributed by atoms with Gasteiger partial charge in [-0.3, -0.25) is 0 Å². The Hall–Kier alpha value is 2.39. The predicted octanol–water partition coefficient (Wildman–Crippen LogP) is -0.0122. The third-order valence-electron chi connectivity index (χ3n) is 0. The molecule has 0 saturated carbocycles. The maximum absolute atomic E-state index is 0. The zero-order valence-corrected chi connectivity index (χ0v) is 9.41. The molecule has 0 unspecified atom stereocenters. The van der Waals surface area contributed by atoms with Gasteiger partial charge < -0.3 is 40.5 Å². The predicted molar refractivity (Wildman–Crippen MR) is 22.1 cm³/mol. The maximum atomic E-state index is 0. The average molecular weight is 209 g/mol. The van der Waals surface area contributed by atoms with Crippen molar-refractivity contribution in [3.8, 4) is 0 Å². The average Bonchev–Trinajstić information content (AvgIpc) is 0. The van der Waals surface area contributed by atoms with E-state index in [1.165, 1.54) is 0 Å². The standard InChI is InChI=1S/3S.Ti.Zn/q3*-2;+4;+2. The van der Waals surface area contributed by atoms with Gasteiger partial charge in [0.2, 0.25) is 0 Å². The molecule has 5 heteroatoms. The summed E-state index contributed by atoms with van der Waals surface area (Å²) >= 11 is 0. The van der Waals surface area contributed by atoms with Crippen LogP contribution in [0.25, 0.3) is 0 Å². The Labute approximate surface area is 80.8 Å². The molecule has 0 aliphatic carbocycles. The van der Waals surface area contributed by atoms with Gasteiger partial charge in [-0.2, -0.15) is 0 Å². The van der Waals surface area contributed by atoms with Crippen molar-refractivity contribution < 1.29 is 41.2 Å². The van der Waals surface area contributed by atoms with E-state index in [9.17, 15) is 0 Å². The van der Waals surface area contributed by atoms with Crippen LogP contribution in [-0.2, 0) is 81.7 Å². The summed E-state index contributed by atoms with van der Waals surface area (Å²) in [5.41, 5.74) is 0. The molecule has 0 radical (unpaired) electrons. The first kappa shape index (κ1) is 52.9. The second-order valence-corrected chi connectivity index (χ2v) is 0. The molecule has 0 aromatic rings. The molecule has 0 heterocycles. The minimum absolute atomic E-state index is 0. The number of hydrogen-bond acceptors (Lipinski definition) is 0. The van der Waals surface area contributed by atoms with Gasteiger partial charge in [-0.1, -0.05) is 0 Å². The van der Waals surface area contributed by atoms with Crippen LogP contribution in [0.5, 0.6) is 0 Å². The molecule has 0 aromatic heterocycles. The van der Waals surface area contributed by atoms with Crippen LogP contribution in [0.1, 0.15) is 0 Å². The molecular weight excluding hydrogens is 209 g/mol. The topological polar surface area (TPSA) is 0 Å². The molecule has 5 heavy (non-hydrogen) atoms. The van der Waals surface area contributed by atoms with Crippen LogP contribution in [0, 0.1) is 0 Å². The second kappa shape index (κ2) is 32.5. The Morgan fingerprint density at radius 2 is 0.600 bits per heavy atom. The zero-order valence-electron chi connectivity index (χ0n) is 2.43. The van der Waals surface area contributed by atoms with Crippen LogP contribution in [0.3, 0.4) is 0 Å². The quantitative estimate of drug-likeness (QED) is 0.492. The monoisotopic (exact) mass is 208 g/mol. The van der Waals surface area contributed by atoms with Crippen LogP contribution in [-0.4, -0.2) is 0 Å². The van der Waals surface area contributed by atoms with Crippen molar-refractivity contribution in [3.05, 3.63) is 0 Å². The van der Waals surface area contributed by atoms with Gasteiger partial charge in [0.05, 0.1) is 0 Å². The molecule has 0 nitrogen and oxygen atoms in total. The van der Waals surface area contributed by atoms with Crippen molar-refractivity contribution in [2.24, 2.45) is 0 Å². The summed E-state index contributed by atoms with van der Waals surface area (Å²) in [5, 5.41) is 0. The fraction of sp³-hybridized carbons (Fsp3) is 0. The Morgan fingerprint density at radius 3 is 0.600 bits per heavy atom. The minimum Gasteiger partial charge on any atom is -2.00 e. The first-order chi connectivity index (χ1) is 0. The Kier molecular flexibility index (Phi) is 344. The van der Waals surface area contributed by atoms with E-state index in [0.29, 0.717) is 0 Å².